The van der Waals surface area contributed by atoms with E-state index in [1.807, 2.05) is 60.7 Å². The van der Waals surface area contributed by atoms with E-state index in [0.717, 1.165) is 11.4 Å². The summed E-state index contributed by atoms with van der Waals surface area (Å²) in [7, 11) is 0. The lowest BCUT2D eigenvalue weighted by Gasteiger charge is -2.23. The van der Waals surface area contributed by atoms with Gasteiger partial charge in [0.1, 0.15) is 11.8 Å². The van der Waals surface area contributed by atoms with Gasteiger partial charge in [-0.05, 0) is 36.4 Å². The summed E-state index contributed by atoms with van der Waals surface area (Å²) in [5, 5.41) is 0.0732. The van der Waals surface area contributed by atoms with Crippen LogP contribution in [0.25, 0.3) is 0 Å². The molecule has 1 amide bonds. The fourth-order valence-electron chi connectivity index (χ4n) is 2.55. The zero-order valence-electron chi connectivity index (χ0n) is 14.4. The Morgan fingerprint density at radius 2 is 1.48 bits per heavy atom. The number of carbonyl (C=O) groups is 2. The molecule has 0 bridgehead atoms. The highest BCUT2D eigenvalue weighted by atomic mass is 35.5. The minimum atomic E-state index is -0.605. The average Bonchev–Trinajstić information content (AvgIpc) is 2.70. The Morgan fingerprint density at radius 1 is 0.889 bits per heavy atom. The summed E-state index contributed by atoms with van der Waals surface area (Å²) in [6.07, 6.45) is 1.52. The monoisotopic (exact) mass is 380 g/mol. The number of esters is 1. The first-order valence-corrected chi connectivity index (χ1v) is 8.75. The molecule has 2 aromatic carbocycles. The largest absolute Gasteiger partial charge is 0.461 e. The van der Waals surface area contributed by atoms with E-state index in [2.05, 4.69) is 4.98 Å². The number of carbonyl (C=O) groups excluding carboxylic acids is 2. The number of amides is 1. The van der Waals surface area contributed by atoms with Crippen LogP contribution < -0.4 is 4.90 Å². The third kappa shape index (κ3) is 4.71. The van der Waals surface area contributed by atoms with Crippen LogP contribution in [0.15, 0.2) is 79.0 Å². The summed E-state index contributed by atoms with van der Waals surface area (Å²) in [5.74, 6) is -0.788. The first kappa shape index (κ1) is 18.6. The van der Waals surface area contributed by atoms with Gasteiger partial charge in [0.2, 0.25) is 5.91 Å². The number of ether oxygens (including phenoxy) is 1. The van der Waals surface area contributed by atoms with E-state index in [1.165, 1.54) is 12.3 Å². The van der Waals surface area contributed by atoms with E-state index in [4.69, 9.17) is 16.3 Å². The zero-order valence-corrected chi connectivity index (χ0v) is 15.2. The first-order chi connectivity index (χ1) is 13.2. The first-order valence-electron chi connectivity index (χ1n) is 8.37. The molecule has 1 aromatic heterocycles. The van der Waals surface area contributed by atoms with Crippen LogP contribution in [0.1, 0.15) is 16.8 Å². The average molecular weight is 381 g/mol. The van der Waals surface area contributed by atoms with Crippen molar-refractivity contribution in [3.05, 3.63) is 89.7 Å². The highest BCUT2D eigenvalue weighted by molar-refractivity contribution is 6.32. The molecular formula is C21H17ClN2O3. The molecule has 27 heavy (non-hydrogen) atoms. The quantitative estimate of drug-likeness (QED) is 0.461. The fourth-order valence-corrected chi connectivity index (χ4v) is 2.75. The molecule has 136 valence electrons. The Balaban J connectivity index is 1.69. The van der Waals surface area contributed by atoms with Gasteiger partial charge in [-0.2, -0.15) is 0 Å². The van der Waals surface area contributed by atoms with E-state index >= 15 is 0 Å². The predicted molar refractivity (Wildman–Crippen MR) is 104 cm³/mol. The smallest absolute Gasteiger partial charge is 0.341 e. The number of rotatable bonds is 6. The third-order valence-electron chi connectivity index (χ3n) is 3.81. The number of pyridine rings is 1. The predicted octanol–water partition coefficient (Wildman–Crippen LogP) is 4.65. The minimum absolute atomic E-state index is 0.0351. The molecule has 3 rings (SSSR count). The molecule has 0 saturated carbocycles. The van der Waals surface area contributed by atoms with Gasteiger partial charge < -0.3 is 4.74 Å². The fraction of sp³-hybridized carbons (Fsp3) is 0.0952. The number of anilines is 2. The number of benzene rings is 2. The molecule has 5 nitrogen and oxygen atoms in total. The van der Waals surface area contributed by atoms with Crippen molar-refractivity contribution in [2.45, 2.75) is 6.42 Å². The number of aromatic nitrogens is 1. The van der Waals surface area contributed by atoms with Gasteiger partial charge in [-0.15, -0.1) is 0 Å². The summed E-state index contributed by atoms with van der Waals surface area (Å²) in [5.41, 5.74) is 1.67. The molecule has 0 spiro atoms. The molecule has 0 unspecified atom stereocenters. The lowest BCUT2D eigenvalue weighted by molar-refractivity contribution is -0.118. The normalized spacial score (nSPS) is 10.3. The molecule has 3 aromatic rings. The second-order valence-electron chi connectivity index (χ2n) is 5.63. The molecule has 1 heterocycles. The van der Waals surface area contributed by atoms with Gasteiger partial charge in [0.15, 0.2) is 0 Å². The van der Waals surface area contributed by atoms with Crippen molar-refractivity contribution in [1.82, 2.24) is 4.98 Å². The van der Waals surface area contributed by atoms with Crippen LogP contribution in [0.3, 0.4) is 0 Å². The Bertz CT molecular complexity index is 877. The van der Waals surface area contributed by atoms with Crippen LogP contribution in [0.4, 0.5) is 11.4 Å². The van der Waals surface area contributed by atoms with Gasteiger partial charge in [0.05, 0.1) is 12.0 Å². The van der Waals surface area contributed by atoms with Crippen LogP contribution in [-0.2, 0) is 9.53 Å². The molecule has 0 aliphatic rings. The van der Waals surface area contributed by atoms with Crippen LogP contribution in [0, 0.1) is 0 Å². The van der Waals surface area contributed by atoms with E-state index < -0.39 is 5.97 Å². The highest BCUT2D eigenvalue weighted by Crippen LogP contribution is 2.25. The van der Waals surface area contributed by atoms with E-state index in [1.54, 1.807) is 11.0 Å². The minimum Gasteiger partial charge on any atom is -0.461 e. The van der Waals surface area contributed by atoms with Crippen LogP contribution in [-0.4, -0.2) is 23.5 Å². The van der Waals surface area contributed by atoms with Crippen LogP contribution in [0.2, 0.25) is 5.15 Å². The molecule has 0 aliphatic carbocycles. The summed E-state index contributed by atoms with van der Waals surface area (Å²) in [4.78, 5) is 30.4. The molecule has 0 N–H and O–H groups in total. The van der Waals surface area contributed by atoms with Crippen molar-refractivity contribution < 1.29 is 14.3 Å². The Kier molecular flexibility index (Phi) is 6.18. The second-order valence-corrected chi connectivity index (χ2v) is 5.99. The Morgan fingerprint density at radius 3 is 2.04 bits per heavy atom. The van der Waals surface area contributed by atoms with Crippen molar-refractivity contribution in [3.8, 4) is 0 Å². The highest BCUT2D eigenvalue weighted by Gasteiger charge is 2.19. The van der Waals surface area contributed by atoms with E-state index in [-0.39, 0.29) is 29.7 Å². The molecule has 0 radical (unpaired) electrons. The molecule has 6 heteroatoms. The van der Waals surface area contributed by atoms with Gasteiger partial charge in [0.25, 0.3) is 0 Å². The van der Waals surface area contributed by atoms with Crippen molar-refractivity contribution in [3.63, 3.8) is 0 Å². The van der Waals surface area contributed by atoms with Crippen LogP contribution in [0.5, 0.6) is 0 Å². The lowest BCUT2D eigenvalue weighted by Crippen LogP contribution is -2.27. The summed E-state index contributed by atoms with van der Waals surface area (Å²) < 4.78 is 5.19. The van der Waals surface area contributed by atoms with Gasteiger partial charge in [0, 0.05) is 17.6 Å². The maximum atomic E-state index is 12.8. The van der Waals surface area contributed by atoms with Crippen molar-refractivity contribution >= 4 is 34.9 Å². The van der Waals surface area contributed by atoms with Gasteiger partial charge in [-0.25, -0.2) is 9.78 Å². The molecule has 0 atom stereocenters. The number of hydrogen-bond acceptors (Lipinski definition) is 4. The summed E-state index contributed by atoms with van der Waals surface area (Å²) in [6, 6.07) is 21.8. The molecular weight excluding hydrogens is 364 g/mol. The zero-order chi connectivity index (χ0) is 19.1. The topological polar surface area (TPSA) is 59.5 Å². The number of halogens is 1. The molecule has 0 aliphatic heterocycles. The maximum Gasteiger partial charge on any atom is 0.341 e. The molecule has 0 saturated heterocycles. The van der Waals surface area contributed by atoms with Crippen LogP contribution >= 0.6 is 11.6 Å². The number of hydrogen-bond donors (Lipinski definition) is 0. The van der Waals surface area contributed by atoms with Gasteiger partial charge in [-0.3, -0.25) is 9.69 Å². The Labute approximate surface area is 162 Å². The lowest BCUT2D eigenvalue weighted by atomic mass is 10.2. The summed E-state index contributed by atoms with van der Waals surface area (Å²) >= 11 is 5.88. The molecule has 0 fully saturated rings. The number of nitrogens with zero attached hydrogens (tertiary/aromatic N) is 2. The van der Waals surface area contributed by atoms with Crippen molar-refractivity contribution in [1.29, 1.82) is 0 Å². The summed E-state index contributed by atoms with van der Waals surface area (Å²) in [6.45, 7) is -0.0565. The van der Waals surface area contributed by atoms with Gasteiger partial charge >= 0.3 is 5.97 Å². The SMILES string of the molecule is O=C(OCCC(=O)N(c1ccccc1)c1ccccc1)c1cccnc1Cl. The van der Waals surface area contributed by atoms with Crippen molar-refractivity contribution in [2.75, 3.05) is 11.5 Å². The van der Waals surface area contributed by atoms with Crippen molar-refractivity contribution in [2.24, 2.45) is 0 Å². The van der Waals surface area contributed by atoms with Gasteiger partial charge in [-0.1, -0.05) is 48.0 Å². The standard InChI is InChI=1S/C21H17ClN2O3/c22-20-18(12-7-14-23-20)21(26)27-15-13-19(25)24(16-8-3-1-4-9-16)17-10-5-2-6-11-17/h1-12,14H,13,15H2. The number of para-hydroxylation sites is 2. The third-order valence-corrected chi connectivity index (χ3v) is 4.11. The second kappa shape index (κ2) is 8.96. The van der Waals surface area contributed by atoms with E-state index in [0.29, 0.717) is 0 Å². The maximum absolute atomic E-state index is 12.8. The Hall–Kier alpha value is -3.18. The van der Waals surface area contributed by atoms with E-state index in [9.17, 15) is 9.59 Å².